The smallest absolute Gasteiger partial charge is 0.341 e. The number of hydrogen-bond acceptors (Lipinski definition) is 5. The maximum Gasteiger partial charge on any atom is 0.341 e. The molecule has 1 aromatic heterocycles. The minimum Gasteiger partial charge on any atom is -0.462 e. The number of hydrogen-bond donors (Lipinski definition) is 1. The van der Waals surface area contributed by atoms with Crippen molar-refractivity contribution in [2.45, 2.75) is 20.3 Å². The first kappa shape index (κ1) is 14.0. The molecule has 0 radical (unpaired) electrons. The van der Waals surface area contributed by atoms with Crippen LogP contribution in [0.3, 0.4) is 0 Å². The molecule has 5 nitrogen and oxygen atoms in total. The zero-order chi connectivity index (χ0) is 14.4. The van der Waals surface area contributed by atoms with Gasteiger partial charge in [-0.3, -0.25) is 0 Å². The summed E-state index contributed by atoms with van der Waals surface area (Å²) in [5.41, 5.74) is 2.00. The number of rotatable bonds is 5. The zero-order valence-electron chi connectivity index (χ0n) is 11.6. The van der Waals surface area contributed by atoms with E-state index in [1.54, 1.807) is 6.92 Å². The Morgan fingerprint density at radius 1 is 1.25 bits per heavy atom. The number of nitrogens with one attached hydrogen (secondary N) is 1. The topological polar surface area (TPSA) is 64.1 Å². The Morgan fingerprint density at radius 3 is 2.65 bits per heavy atom. The van der Waals surface area contributed by atoms with E-state index in [-0.39, 0.29) is 5.97 Å². The van der Waals surface area contributed by atoms with E-state index in [9.17, 15) is 4.79 Å². The third-order valence-corrected chi connectivity index (χ3v) is 2.73. The first-order chi connectivity index (χ1) is 9.74. The molecular weight excluding hydrogens is 254 g/mol. The Hall–Kier alpha value is -2.43. The summed E-state index contributed by atoms with van der Waals surface area (Å²) < 4.78 is 4.99. The lowest BCUT2D eigenvalue weighted by molar-refractivity contribution is 0.0524. The Morgan fingerprint density at radius 2 is 2.00 bits per heavy atom. The van der Waals surface area contributed by atoms with Crippen molar-refractivity contribution in [3.05, 3.63) is 47.8 Å². The molecule has 0 aliphatic carbocycles. The Balaban J connectivity index is 2.23. The van der Waals surface area contributed by atoms with Crippen molar-refractivity contribution in [1.82, 2.24) is 9.97 Å². The van der Waals surface area contributed by atoms with Crippen molar-refractivity contribution >= 4 is 17.6 Å². The molecule has 1 N–H and O–H groups in total. The van der Waals surface area contributed by atoms with Crippen LogP contribution in [0.5, 0.6) is 0 Å². The number of carbonyl (C=O) groups is 1. The van der Waals surface area contributed by atoms with Gasteiger partial charge in [-0.15, -0.1) is 0 Å². The Kier molecular flexibility index (Phi) is 4.65. The lowest BCUT2D eigenvalue weighted by Gasteiger charge is -2.09. The molecule has 0 fully saturated rings. The van der Waals surface area contributed by atoms with Crippen LogP contribution in [-0.4, -0.2) is 22.5 Å². The molecule has 0 unspecified atom stereocenters. The maximum absolute atomic E-state index is 11.8. The van der Waals surface area contributed by atoms with Crippen LogP contribution < -0.4 is 5.32 Å². The van der Waals surface area contributed by atoms with E-state index in [4.69, 9.17) is 4.74 Å². The molecule has 104 valence electrons. The summed E-state index contributed by atoms with van der Waals surface area (Å²) in [6.45, 7) is 4.05. The fraction of sp³-hybridized carbons (Fsp3) is 0.267. The van der Waals surface area contributed by atoms with Crippen LogP contribution in [0.1, 0.15) is 29.9 Å². The standard InChI is InChI=1S/C15H17N3O2/c1-3-13-12(14(19)20-4-2)10-16-15(18-13)17-11-8-6-5-7-9-11/h5-10H,3-4H2,1-2H3,(H,16,17,18). The summed E-state index contributed by atoms with van der Waals surface area (Å²) >= 11 is 0. The van der Waals surface area contributed by atoms with Crippen molar-refractivity contribution in [1.29, 1.82) is 0 Å². The average molecular weight is 271 g/mol. The van der Waals surface area contributed by atoms with Crippen molar-refractivity contribution < 1.29 is 9.53 Å². The highest BCUT2D eigenvalue weighted by atomic mass is 16.5. The quantitative estimate of drug-likeness (QED) is 0.847. The second-order valence-corrected chi connectivity index (χ2v) is 4.12. The van der Waals surface area contributed by atoms with Gasteiger partial charge in [-0.25, -0.2) is 14.8 Å². The molecule has 0 aliphatic rings. The van der Waals surface area contributed by atoms with Gasteiger partial charge in [0.1, 0.15) is 0 Å². The van der Waals surface area contributed by atoms with Gasteiger partial charge in [0.15, 0.2) is 0 Å². The molecule has 0 amide bonds. The lowest BCUT2D eigenvalue weighted by atomic mass is 10.2. The van der Waals surface area contributed by atoms with Crippen LogP contribution in [0.15, 0.2) is 36.5 Å². The van der Waals surface area contributed by atoms with E-state index in [0.717, 1.165) is 5.69 Å². The van der Waals surface area contributed by atoms with E-state index in [0.29, 0.717) is 30.2 Å². The van der Waals surface area contributed by atoms with Crippen LogP contribution in [-0.2, 0) is 11.2 Å². The monoisotopic (exact) mass is 271 g/mol. The molecule has 0 atom stereocenters. The maximum atomic E-state index is 11.8. The van der Waals surface area contributed by atoms with Gasteiger partial charge in [0.05, 0.1) is 17.9 Å². The summed E-state index contributed by atoms with van der Waals surface area (Å²) in [6.07, 6.45) is 2.15. The first-order valence-corrected chi connectivity index (χ1v) is 6.59. The SMILES string of the molecule is CCOC(=O)c1cnc(Nc2ccccc2)nc1CC. The number of nitrogens with zero attached hydrogens (tertiary/aromatic N) is 2. The largest absolute Gasteiger partial charge is 0.462 e. The van der Waals surface area contributed by atoms with Crippen LogP contribution in [0.2, 0.25) is 0 Å². The number of para-hydroxylation sites is 1. The number of aryl methyl sites for hydroxylation is 1. The fourth-order valence-corrected chi connectivity index (χ4v) is 1.78. The van der Waals surface area contributed by atoms with Gasteiger partial charge in [-0.1, -0.05) is 25.1 Å². The number of esters is 1. The predicted octanol–water partition coefficient (Wildman–Crippen LogP) is 2.96. The van der Waals surface area contributed by atoms with Gasteiger partial charge in [-0.05, 0) is 25.5 Å². The van der Waals surface area contributed by atoms with E-state index in [1.165, 1.54) is 6.20 Å². The first-order valence-electron chi connectivity index (χ1n) is 6.59. The molecular formula is C15H17N3O2. The van der Waals surface area contributed by atoms with E-state index in [1.807, 2.05) is 37.3 Å². The van der Waals surface area contributed by atoms with E-state index < -0.39 is 0 Å². The molecule has 0 saturated carbocycles. The minimum atomic E-state index is -0.379. The molecule has 0 aliphatic heterocycles. The normalized spacial score (nSPS) is 10.1. The molecule has 0 saturated heterocycles. The highest BCUT2D eigenvalue weighted by molar-refractivity contribution is 5.90. The molecule has 2 rings (SSSR count). The lowest BCUT2D eigenvalue weighted by Crippen LogP contribution is -2.11. The van der Waals surface area contributed by atoms with Crippen LogP contribution in [0.25, 0.3) is 0 Å². The van der Waals surface area contributed by atoms with Crippen molar-refractivity contribution in [3.8, 4) is 0 Å². The predicted molar refractivity (Wildman–Crippen MR) is 77.1 cm³/mol. The number of carbonyl (C=O) groups excluding carboxylic acids is 1. The summed E-state index contributed by atoms with van der Waals surface area (Å²) in [6, 6.07) is 9.64. The Bertz CT molecular complexity index is 585. The Labute approximate surface area is 118 Å². The highest BCUT2D eigenvalue weighted by Gasteiger charge is 2.14. The van der Waals surface area contributed by atoms with Crippen LogP contribution in [0.4, 0.5) is 11.6 Å². The number of ether oxygens (including phenoxy) is 1. The second kappa shape index (κ2) is 6.65. The van der Waals surface area contributed by atoms with Gasteiger partial charge < -0.3 is 10.1 Å². The third-order valence-electron chi connectivity index (χ3n) is 2.73. The van der Waals surface area contributed by atoms with Gasteiger partial charge in [0, 0.05) is 11.9 Å². The second-order valence-electron chi connectivity index (χ2n) is 4.12. The number of anilines is 2. The van der Waals surface area contributed by atoms with E-state index >= 15 is 0 Å². The molecule has 1 heterocycles. The highest BCUT2D eigenvalue weighted by Crippen LogP contribution is 2.15. The summed E-state index contributed by atoms with van der Waals surface area (Å²) in [4.78, 5) is 20.3. The van der Waals surface area contributed by atoms with Gasteiger partial charge >= 0.3 is 5.97 Å². The average Bonchev–Trinajstić information content (AvgIpc) is 2.48. The zero-order valence-corrected chi connectivity index (χ0v) is 11.6. The molecule has 0 spiro atoms. The van der Waals surface area contributed by atoms with Gasteiger partial charge in [0.2, 0.25) is 5.95 Å². The van der Waals surface area contributed by atoms with Gasteiger partial charge in [0.25, 0.3) is 0 Å². The molecule has 2 aromatic rings. The molecule has 20 heavy (non-hydrogen) atoms. The van der Waals surface area contributed by atoms with E-state index in [2.05, 4.69) is 15.3 Å². The number of aromatic nitrogens is 2. The summed E-state index contributed by atoms with van der Waals surface area (Å²) in [5, 5.41) is 3.10. The van der Waals surface area contributed by atoms with Crippen LogP contribution >= 0.6 is 0 Å². The van der Waals surface area contributed by atoms with Crippen LogP contribution in [0, 0.1) is 0 Å². The van der Waals surface area contributed by atoms with Gasteiger partial charge in [-0.2, -0.15) is 0 Å². The third kappa shape index (κ3) is 3.32. The summed E-state index contributed by atoms with van der Waals surface area (Å²) in [7, 11) is 0. The number of benzene rings is 1. The summed E-state index contributed by atoms with van der Waals surface area (Å²) in [5.74, 6) is 0.0942. The molecule has 5 heteroatoms. The minimum absolute atomic E-state index is 0.339. The van der Waals surface area contributed by atoms with Crippen molar-refractivity contribution in [2.75, 3.05) is 11.9 Å². The fourth-order valence-electron chi connectivity index (χ4n) is 1.78. The van der Waals surface area contributed by atoms with Crippen molar-refractivity contribution in [3.63, 3.8) is 0 Å². The molecule has 0 bridgehead atoms. The molecule has 1 aromatic carbocycles. The van der Waals surface area contributed by atoms with Crippen molar-refractivity contribution in [2.24, 2.45) is 0 Å².